The Kier molecular flexibility index (Phi) is 5.57. The standard InChI is InChI=1S/C15H23N3S2/c1-11(2)8-16-9-13-10-20-15(17-13)18(4)12(3)14-6-5-7-19-14/h5-7,10-12,16H,8-9H2,1-4H3. The molecule has 0 aliphatic carbocycles. The number of nitrogens with zero attached hydrogens (tertiary/aromatic N) is 2. The molecule has 1 atom stereocenters. The quantitative estimate of drug-likeness (QED) is 0.833. The third-order valence-corrected chi connectivity index (χ3v) is 5.26. The van der Waals surface area contributed by atoms with Crippen LogP contribution in [0.15, 0.2) is 22.9 Å². The lowest BCUT2D eigenvalue weighted by Gasteiger charge is -2.23. The Balaban J connectivity index is 1.94. The SMILES string of the molecule is CC(C)CNCc1csc(N(C)C(C)c2cccs2)n1. The highest BCUT2D eigenvalue weighted by molar-refractivity contribution is 7.13. The van der Waals surface area contributed by atoms with Crippen molar-refractivity contribution in [3.05, 3.63) is 33.5 Å². The summed E-state index contributed by atoms with van der Waals surface area (Å²) < 4.78 is 0. The van der Waals surface area contributed by atoms with Gasteiger partial charge in [0.1, 0.15) is 0 Å². The average molecular weight is 310 g/mol. The van der Waals surface area contributed by atoms with E-state index >= 15 is 0 Å². The molecule has 1 unspecified atom stereocenters. The van der Waals surface area contributed by atoms with Crippen molar-refractivity contribution in [2.24, 2.45) is 5.92 Å². The number of aromatic nitrogens is 1. The number of nitrogens with one attached hydrogen (secondary N) is 1. The van der Waals surface area contributed by atoms with Gasteiger partial charge in [-0.1, -0.05) is 19.9 Å². The maximum atomic E-state index is 4.72. The van der Waals surface area contributed by atoms with Gasteiger partial charge < -0.3 is 10.2 Å². The fraction of sp³-hybridized carbons (Fsp3) is 0.533. The molecule has 0 radical (unpaired) electrons. The van der Waals surface area contributed by atoms with Gasteiger partial charge >= 0.3 is 0 Å². The third kappa shape index (κ3) is 4.04. The van der Waals surface area contributed by atoms with Crippen LogP contribution in [0.1, 0.15) is 37.4 Å². The summed E-state index contributed by atoms with van der Waals surface area (Å²) in [4.78, 5) is 8.35. The van der Waals surface area contributed by atoms with Crippen molar-refractivity contribution < 1.29 is 0 Å². The first kappa shape index (κ1) is 15.5. The van der Waals surface area contributed by atoms with Crippen molar-refractivity contribution in [1.82, 2.24) is 10.3 Å². The van der Waals surface area contributed by atoms with Crippen LogP contribution in [0.3, 0.4) is 0 Å². The van der Waals surface area contributed by atoms with Crippen LogP contribution in [0.5, 0.6) is 0 Å². The van der Waals surface area contributed by atoms with Crippen LogP contribution >= 0.6 is 22.7 Å². The van der Waals surface area contributed by atoms with Gasteiger partial charge in [0, 0.05) is 23.8 Å². The van der Waals surface area contributed by atoms with E-state index < -0.39 is 0 Å². The van der Waals surface area contributed by atoms with E-state index in [0.29, 0.717) is 12.0 Å². The predicted octanol–water partition coefficient (Wildman–Crippen LogP) is 4.15. The molecule has 0 fully saturated rings. The van der Waals surface area contributed by atoms with Crippen LogP contribution in [0.4, 0.5) is 5.13 Å². The van der Waals surface area contributed by atoms with Crippen molar-refractivity contribution in [2.75, 3.05) is 18.5 Å². The van der Waals surface area contributed by atoms with Crippen molar-refractivity contribution in [1.29, 1.82) is 0 Å². The average Bonchev–Trinajstić information content (AvgIpc) is 3.07. The monoisotopic (exact) mass is 309 g/mol. The molecule has 0 aliphatic rings. The van der Waals surface area contributed by atoms with Crippen LogP contribution in [0.2, 0.25) is 0 Å². The van der Waals surface area contributed by atoms with Gasteiger partial charge in [-0.15, -0.1) is 22.7 Å². The molecule has 0 aromatic carbocycles. The highest BCUT2D eigenvalue weighted by Crippen LogP contribution is 2.30. The minimum Gasteiger partial charge on any atom is -0.344 e. The van der Waals surface area contributed by atoms with Gasteiger partial charge in [0.2, 0.25) is 0 Å². The highest BCUT2D eigenvalue weighted by Gasteiger charge is 2.16. The van der Waals surface area contributed by atoms with Crippen LogP contribution in [0.25, 0.3) is 0 Å². The Morgan fingerprint density at radius 3 is 2.75 bits per heavy atom. The molecule has 110 valence electrons. The van der Waals surface area contributed by atoms with Crippen molar-refractivity contribution >= 4 is 27.8 Å². The minimum absolute atomic E-state index is 0.373. The molecular weight excluding hydrogens is 286 g/mol. The molecular formula is C15H23N3S2. The van der Waals surface area contributed by atoms with Gasteiger partial charge in [-0.25, -0.2) is 4.98 Å². The molecule has 3 nitrogen and oxygen atoms in total. The zero-order valence-electron chi connectivity index (χ0n) is 12.6. The first-order valence-electron chi connectivity index (χ1n) is 6.99. The summed E-state index contributed by atoms with van der Waals surface area (Å²) in [6.07, 6.45) is 0. The Morgan fingerprint density at radius 1 is 1.30 bits per heavy atom. The number of hydrogen-bond acceptors (Lipinski definition) is 5. The first-order chi connectivity index (χ1) is 9.58. The zero-order chi connectivity index (χ0) is 14.5. The van der Waals surface area contributed by atoms with Crippen LogP contribution < -0.4 is 10.2 Å². The van der Waals surface area contributed by atoms with E-state index in [0.717, 1.165) is 23.9 Å². The second-order valence-corrected chi connectivity index (χ2v) is 7.26. The summed E-state index contributed by atoms with van der Waals surface area (Å²) in [5, 5.41) is 8.81. The number of rotatable bonds is 7. The molecule has 0 bridgehead atoms. The van der Waals surface area contributed by atoms with Crippen LogP contribution in [-0.4, -0.2) is 18.6 Å². The smallest absolute Gasteiger partial charge is 0.185 e. The van der Waals surface area contributed by atoms with Gasteiger partial charge in [-0.05, 0) is 30.8 Å². The summed E-state index contributed by atoms with van der Waals surface area (Å²) >= 11 is 3.52. The van der Waals surface area contributed by atoms with Crippen LogP contribution in [0, 0.1) is 5.92 Å². The summed E-state index contributed by atoms with van der Waals surface area (Å²) in [7, 11) is 2.12. The summed E-state index contributed by atoms with van der Waals surface area (Å²) in [5.41, 5.74) is 1.14. The van der Waals surface area contributed by atoms with E-state index in [-0.39, 0.29) is 0 Å². The number of hydrogen-bond donors (Lipinski definition) is 1. The molecule has 0 saturated heterocycles. The molecule has 0 aliphatic heterocycles. The second kappa shape index (κ2) is 7.20. The number of thiazole rings is 1. The summed E-state index contributed by atoms with van der Waals surface area (Å²) in [6.45, 7) is 8.56. The third-order valence-electron chi connectivity index (χ3n) is 3.24. The normalized spacial score (nSPS) is 12.8. The maximum Gasteiger partial charge on any atom is 0.185 e. The summed E-state index contributed by atoms with van der Waals surface area (Å²) in [6, 6.07) is 4.66. The van der Waals surface area contributed by atoms with Gasteiger partial charge in [-0.3, -0.25) is 0 Å². The number of anilines is 1. The predicted molar refractivity (Wildman–Crippen MR) is 89.8 cm³/mol. The van der Waals surface area contributed by atoms with E-state index in [1.807, 2.05) is 0 Å². The van der Waals surface area contributed by atoms with Gasteiger partial charge in [0.25, 0.3) is 0 Å². The van der Waals surface area contributed by atoms with Gasteiger partial charge in [-0.2, -0.15) is 0 Å². The Morgan fingerprint density at radius 2 is 2.10 bits per heavy atom. The molecule has 0 amide bonds. The lowest BCUT2D eigenvalue weighted by atomic mass is 10.2. The minimum atomic E-state index is 0.373. The second-order valence-electron chi connectivity index (χ2n) is 5.45. The molecule has 0 spiro atoms. The van der Waals surface area contributed by atoms with E-state index in [4.69, 9.17) is 4.98 Å². The highest BCUT2D eigenvalue weighted by atomic mass is 32.1. The molecule has 2 heterocycles. The zero-order valence-corrected chi connectivity index (χ0v) is 14.2. The Bertz CT molecular complexity index is 505. The van der Waals surface area contributed by atoms with E-state index in [1.165, 1.54) is 4.88 Å². The van der Waals surface area contributed by atoms with Gasteiger partial charge in [0.15, 0.2) is 5.13 Å². The van der Waals surface area contributed by atoms with Crippen LogP contribution in [-0.2, 0) is 6.54 Å². The lowest BCUT2D eigenvalue weighted by Crippen LogP contribution is -2.21. The molecule has 2 rings (SSSR count). The Labute approximate surface area is 129 Å². The maximum absolute atomic E-state index is 4.72. The van der Waals surface area contributed by atoms with E-state index in [1.54, 1.807) is 22.7 Å². The number of thiophene rings is 1. The van der Waals surface area contributed by atoms with Crippen molar-refractivity contribution in [3.63, 3.8) is 0 Å². The van der Waals surface area contributed by atoms with E-state index in [9.17, 15) is 0 Å². The molecule has 5 heteroatoms. The molecule has 2 aromatic rings. The fourth-order valence-corrected chi connectivity index (χ4v) is 3.61. The molecule has 1 N–H and O–H groups in total. The fourth-order valence-electron chi connectivity index (χ4n) is 1.91. The van der Waals surface area contributed by atoms with Crippen molar-refractivity contribution in [3.8, 4) is 0 Å². The first-order valence-corrected chi connectivity index (χ1v) is 8.75. The van der Waals surface area contributed by atoms with Gasteiger partial charge in [0.05, 0.1) is 11.7 Å². The summed E-state index contributed by atoms with van der Waals surface area (Å²) in [5.74, 6) is 0.676. The lowest BCUT2D eigenvalue weighted by molar-refractivity contribution is 0.549. The molecule has 0 saturated carbocycles. The molecule has 2 aromatic heterocycles. The molecule has 20 heavy (non-hydrogen) atoms. The largest absolute Gasteiger partial charge is 0.344 e. The topological polar surface area (TPSA) is 28.2 Å². The van der Waals surface area contributed by atoms with E-state index in [2.05, 4.69) is 60.9 Å². The Hall–Kier alpha value is -0.910. The van der Waals surface area contributed by atoms with Crippen molar-refractivity contribution in [2.45, 2.75) is 33.4 Å².